The molecule has 0 spiro atoms. The molecular formula is C14H15NO3. The zero-order valence-corrected chi connectivity index (χ0v) is 10.4. The summed E-state index contributed by atoms with van der Waals surface area (Å²) in [6, 6.07) is 9.71. The lowest BCUT2D eigenvalue weighted by Crippen LogP contribution is -2.01. The standard InChI is InChI=1S/C14H15NO3/c1-9(2)12-13(14(16)17)18-11(15-12)8-10-6-4-3-5-7-10/h3-7,9H,8H2,1-2H3,(H,16,17). The van der Waals surface area contributed by atoms with E-state index >= 15 is 0 Å². The van der Waals surface area contributed by atoms with Crippen LogP contribution in [0.15, 0.2) is 34.7 Å². The van der Waals surface area contributed by atoms with Crippen molar-refractivity contribution in [2.24, 2.45) is 0 Å². The molecule has 0 atom stereocenters. The predicted molar refractivity (Wildman–Crippen MR) is 66.8 cm³/mol. The van der Waals surface area contributed by atoms with E-state index < -0.39 is 5.97 Å². The molecule has 1 aromatic heterocycles. The fourth-order valence-electron chi connectivity index (χ4n) is 1.77. The molecule has 94 valence electrons. The van der Waals surface area contributed by atoms with Gasteiger partial charge in [0.2, 0.25) is 5.76 Å². The van der Waals surface area contributed by atoms with E-state index in [1.807, 2.05) is 44.2 Å². The Morgan fingerprint density at radius 1 is 1.33 bits per heavy atom. The summed E-state index contributed by atoms with van der Waals surface area (Å²) in [6.45, 7) is 3.80. The minimum atomic E-state index is -1.06. The molecule has 1 aromatic carbocycles. The molecule has 0 aliphatic rings. The largest absolute Gasteiger partial charge is 0.475 e. The summed E-state index contributed by atoms with van der Waals surface area (Å²) in [5.41, 5.74) is 1.56. The lowest BCUT2D eigenvalue weighted by Gasteiger charge is -1.98. The third-order valence-corrected chi connectivity index (χ3v) is 2.64. The van der Waals surface area contributed by atoms with Gasteiger partial charge in [-0.25, -0.2) is 9.78 Å². The first-order chi connectivity index (χ1) is 8.58. The van der Waals surface area contributed by atoms with Crippen LogP contribution in [-0.2, 0) is 6.42 Å². The second-order valence-corrected chi connectivity index (χ2v) is 4.44. The molecule has 4 nitrogen and oxygen atoms in total. The Labute approximate surface area is 105 Å². The van der Waals surface area contributed by atoms with Gasteiger partial charge >= 0.3 is 5.97 Å². The molecule has 0 fully saturated rings. The van der Waals surface area contributed by atoms with Crippen LogP contribution in [-0.4, -0.2) is 16.1 Å². The quantitative estimate of drug-likeness (QED) is 0.899. The Kier molecular flexibility index (Phi) is 3.46. The third kappa shape index (κ3) is 2.59. The van der Waals surface area contributed by atoms with E-state index in [0.29, 0.717) is 18.0 Å². The molecule has 0 radical (unpaired) electrons. The Balaban J connectivity index is 2.30. The second kappa shape index (κ2) is 5.04. The van der Waals surface area contributed by atoms with Gasteiger partial charge < -0.3 is 9.52 Å². The SMILES string of the molecule is CC(C)c1nc(Cc2ccccc2)oc1C(=O)O. The Morgan fingerprint density at radius 2 is 2.00 bits per heavy atom. The zero-order valence-electron chi connectivity index (χ0n) is 10.4. The maximum Gasteiger partial charge on any atom is 0.373 e. The van der Waals surface area contributed by atoms with E-state index in [4.69, 9.17) is 9.52 Å². The molecule has 18 heavy (non-hydrogen) atoms. The molecule has 2 rings (SSSR count). The van der Waals surface area contributed by atoms with Crippen molar-refractivity contribution in [1.82, 2.24) is 4.98 Å². The number of nitrogens with zero attached hydrogens (tertiary/aromatic N) is 1. The first-order valence-electron chi connectivity index (χ1n) is 5.84. The number of carbonyl (C=O) groups is 1. The van der Waals surface area contributed by atoms with Gasteiger partial charge in [0.25, 0.3) is 0 Å². The van der Waals surface area contributed by atoms with Crippen molar-refractivity contribution in [3.63, 3.8) is 0 Å². The van der Waals surface area contributed by atoms with Gasteiger partial charge in [0.05, 0.1) is 5.69 Å². The minimum absolute atomic E-state index is 0.0318. The molecule has 0 saturated heterocycles. The van der Waals surface area contributed by atoms with Crippen LogP contribution in [0, 0.1) is 0 Å². The summed E-state index contributed by atoms with van der Waals surface area (Å²) >= 11 is 0. The fourth-order valence-corrected chi connectivity index (χ4v) is 1.77. The summed E-state index contributed by atoms with van der Waals surface area (Å²) in [5.74, 6) is -0.631. The Morgan fingerprint density at radius 3 is 2.50 bits per heavy atom. The maximum absolute atomic E-state index is 11.1. The number of aromatic carboxylic acids is 1. The van der Waals surface area contributed by atoms with Crippen LogP contribution in [0.2, 0.25) is 0 Å². The van der Waals surface area contributed by atoms with Crippen molar-refractivity contribution in [3.8, 4) is 0 Å². The minimum Gasteiger partial charge on any atom is -0.475 e. The van der Waals surface area contributed by atoms with Crippen molar-refractivity contribution < 1.29 is 14.3 Å². The highest BCUT2D eigenvalue weighted by Gasteiger charge is 2.21. The number of carboxylic acid groups (broad SMARTS) is 1. The van der Waals surface area contributed by atoms with E-state index in [1.54, 1.807) is 0 Å². The number of hydrogen-bond donors (Lipinski definition) is 1. The number of aromatic nitrogens is 1. The van der Waals surface area contributed by atoms with Crippen LogP contribution in [0.1, 0.15) is 47.5 Å². The number of benzene rings is 1. The van der Waals surface area contributed by atoms with E-state index in [0.717, 1.165) is 5.56 Å². The monoisotopic (exact) mass is 245 g/mol. The van der Waals surface area contributed by atoms with Crippen LogP contribution < -0.4 is 0 Å². The van der Waals surface area contributed by atoms with Crippen LogP contribution in [0.5, 0.6) is 0 Å². The lowest BCUT2D eigenvalue weighted by molar-refractivity contribution is 0.0658. The Bertz CT molecular complexity index is 543. The molecule has 1 N–H and O–H groups in total. The highest BCUT2D eigenvalue weighted by Crippen LogP contribution is 2.21. The van der Waals surface area contributed by atoms with Crippen LogP contribution in [0.4, 0.5) is 0 Å². The van der Waals surface area contributed by atoms with Gasteiger partial charge in [0.15, 0.2) is 5.89 Å². The van der Waals surface area contributed by atoms with E-state index in [2.05, 4.69) is 4.98 Å². The topological polar surface area (TPSA) is 63.3 Å². The van der Waals surface area contributed by atoms with Crippen molar-refractivity contribution in [2.75, 3.05) is 0 Å². The lowest BCUT2D eigenvalue weighted by atomic mass is 10.1. The summed E-state index contributed by atoms with van der Waals surface area (Å²) in [5, 5.41) is 9.06. The number of oxazole rings is 1. The van der Waals surface area contributed by atoms with E-state index in [9.17, 15) is 4.79 Å². The molecule has 0 bridgehead atoms. The van der Waals surface area contributed by atoms with Crippen molar-refractivity contribution in [3.05, 3.63) is 53.2 Å². The molecular weight excluding hydrogens is 230 g/mol. The van der Waals surface area contributed by atoms with Crippen molar-refractivity contribution >= 4 is 5.97 Å². The fraction of sp³-hybridized carbons (Fsp3) is 0.286. The summed E-state index contributed by atoms with van der Waals surface area (Å²) < 4.78 is 5.33. The molecule has 0 aliphatic heterocycles. The first kappa shape index (κ1) is 12.4. The maximum atomic E-state index is 11.1. The molecule has 0 saturated carbocycles. The van der Waals surface area contributed by atoms with Gasteiger partial charge in [-0.3, -0.25) is 0 Å². The molecule has 0 aliphatic carbocycles. The third-order valence-electron chi connectivity index (χ3n) is 2.64. The second-order valence-electron chi connectivity index (χ2n) is 4.44. The first-order valence-corrected chi connectivity index (χ1v) is 5.84. The van der Waals surface area contributed by atoms with Gasteiger partial charge in [-0.15, -0.1) is 0 Å². The molecule has 0 amide bonds. The van der Waals surface area contributed by atoms with Gasteiger partial charge in [-0.2, -0.15) is 0 Å². The van der Waals surface area contributed by atoms with Crippen LogP contribution in [0.3, 0.4) is 0 Å². The van der Waals surface area contributed by atoms with Gasteiger partial charge in [-0.1, -0.05) is 44.2 Å². The average molecular weight is 245 g/mol. The molecule has 0 unspecified atom stereocenters. The summed E-state index contributed by atoms with van der Waals surface area (Å²) in [7, 11) is 0. The molecule has 4 heteroatoms. The van der Waals surface area contributed by atoms with Gasteiger partial charge in [0.1, 0.15) is 0 Å². The Hall–Kier alpha value is -2.10. The highest BCUT2D eigenvalue weighted by molar-refractivity contribution is 5.85. The van der Waals surface area contributed by atoms with E-state index in [1.165, 1.54) is 0 Å². The van der Waals surface area contributed by atoms with Crippen LogP contribution >= 0.6 is 0 Å². The normalized spacial score (nSPS) is 10.8. The summed E-state index contributed by atoms with van der Waals surface area (Å²) in [4.78, 5) is 15.3. The van der Waals surface area contributed by atoms with Crippen LogP contribution in [0.25, 0.3) is 0 Å². The number of hydrogen-bond acceptors (Lipinski definition) is 3. The highest BCUT2D eigenvalue weighted by atomic mass is 16.4. The predicted octanol–water partition coefficient (Wildman–Crippen LogP) is 3.09. The summed E-state index contributed by atoms with van der Waals surface area (Å²) in [6.07, 6.45) is 0.508. The van der Waals surface area contributed by atoms with Crippen molar-refractivity contribution in [1.29, 1.82) is 0 Å². The molecule has 2 aromatic rings. The number of rotatable bonds is 4. The van der Waals surface area contributed by atoms with Gasteiger partial charge in [-0.05, 0) is 11.5 Å². The van der Waals surface area contributed by atoms with E-state index in [-0.39, 0.29) is 11.7 Å². The zero-order chi connectivity index (χ0) is 13.1. The van der Waals surface area contributed by atoms with Gasteiger partial charge in [0, 0.05) is 6.42 Å². The average Bonchev–Trinajstić information content (AvgIpc) is 2.74. The van der Waals surface area contributed by atoms with Crippen molar-refractivity contribution in [2.45, 2.75) is 26.2 Å². The number of carboxylic acids is 1. The smallest absolute Gasteiger partial charge is 0.373 e. The molecule has 1 heterocycles.